The number of nitriles is 1. The molecule has 1 aromatic rings. The number of nitrogens with one attached hydrogen (secondary N) is 1. The fraction of sp³-hybridized carbons (Fsp3) is 0.500. The first-order valence-corrected chi connectivity index (χ1v) is 6.03. The van der Waals surface area contributed by atoms with Crippen molar-refractivity contribution in [1.29, 1.82) is 5.26 Å². The number of nitrogens with zero attached hydrogens (tertiary/aromatic N) is 1. The van der Waals surface area contributed by atoms with Crippen LogP contribution >= 0.6 is 0 Å². The fourth-order valence-electron chi connectivity index (χ4n) is 2.04. The van der Waals surface area contributed by atoms with E-state index in [-0.39, 0.29) is 0 Å². The van der Waals surface area contributed by atoms with Gasteiger partial charge in [0.2, 0.25) is 0 Å². The summed E-state index contributed by atoms with van der Waals surface area (Å²) in [6, 6.07) is 10.4. The Bertz CT molecular complexity index is 388. The third kappa shape index (κ3) is 2.62. The third-order valence-corrected chi connectivity index (χ3v) is 3.45. The van der Waals surface area contributed by atoms with E-state index in [1.807, 2.05) is 18.2 Å². The highest BCUT2D eigenvalue weighted by molar-refractivity contribution is 5.33. The quantitative estimate of drug-likeness (QED) is 0.836. The number of benzene rings is 1. The van der Waals surface area contributed by atoms with Crippen molar-refractivity contribution in [1.82, 2.24) is 5.32 Å². The first kappa shape index (κ1) is 11.2. The molecule has 1 unspecified atom stereocenters. The van der Waals surface area contributed by atoms with Crippen molar-refractivity contribution < 1.29 is 0 Å². The lowest BCUT2D eigenvalue weighted by Gasteiger charge is -2.27. The van der Waals surface area contributed by atoms with Gasteiger partial charge in [0.15, 0.2) is 0 Å². The van der Waals surface area contributed by atoms with Gasteiger partial charge in [-0.1, -0.05) is 18.6 Å². The lowest BCUT2D eigenvalue weighted by atomic mass is 9.85. The van der Waals surface area contributed by atoms with E-state index in [0.717, 1.165) is 18.0 Å². The highest BCUT2D eigenvalue weighted by atomic mass is 14.9. The molecule has 1 fully saturated rings. The summed E-state index contributed by atoms with van der Waals surface area (Å²) in [5.41, 5.74) is 1.95. The number of hydrogen-bond acceptors (Lipinski definition) is 2. The molecule has 2 nitrogen and oxygen atoms in total. The Labute approximate surface area is 97.3 Å². The molecule has 1 saturated carbocycles. The minimum Gasteiger partial charge on any atom is -0.310 e. The highest BCUT2D eigenvalue weighted by Crippen LogP contribution is 2.26. The van der Waals surface area contributed by atoms with E-state index in [2.05, 4.69) is 24.4 Å². The van der Waals surface area contributed by atoms with Gasteiger partial charge in [-0.15, -0.1) is 0 Å². The molecule has 0 aliphatic heterocycles. The van der Waals surface area contributed by atoms with Crippen LogP contribution in [-0.4, -0.2) is 6.54 Å². The summed E-state index contributed by atoms with van der Waals surface area (Å²) in [5, 5.41) is 12.4. The Balaban J connectivity index is 1.91. The maximum atomic E-state index is 8.84. The van der Waals surface area contributed by atoms with Crippen molar-refractivity contribution >= 4 is 0 Å². The maximum Gasteiger partial charge on any atom is 0.0991 e. The van der Waals surface area contributed by atoms with E-state index in [0.29, 0.717) is 6.04 Å². The molecule has 1 aliphatic rings. The molecule has 0 heterocycles. The van der Waals surface area contributed by atoms with Crippen molar-refractivity contribution in [3.8, 4) is 6.07 Å². The van der Waals surface area contributed by atoms with Crippen LogP contribution in [0, 0.1) is 17.2 Å². The van der Waals surface area contributed by atoms with Crippen LogP contribution in [0.2, 0.25) is 0 Å². The van der Waals surface area contributed by atoms with E-state index < -0.39 is 0 Å². The Morgan fingerprint density at radius 2 is 2.31 bits per heavy atom. The second-order valence-corrected chi connectivity index (χ2v) is 4.66. The zero-order chi connectivity index (χ0) is 11.4. The van der Waals surface area contributed by atoms with Gasteiger partial charge < -0.3 is 5.32 Å². The molecule has 0 radical (unpaired) electrons. The summed E-state index contributed by atoms with van der Waals surface area (Å²) in [4.78, 5) is 0. The van der Waals surface area contributed by atoms with Crippen LogP contribution in [0.25, 0.3) is 0 Å². The molecule has 2 rings (SSSR count). The van der Waals surface area contributed by atoms with Crippen LogP contribution in [0.4, 0.5) is 0 Å². The Kier molecular flexibility index (Phi) is 3.58. The predicted molar refractivity (Wildman–Crippen MR) is 64.9 cm³/mol. The van der Waals surface area contributed by atoms with Crippen molar-refractivity contribution in [2.75, 3.05) is 6.54 Å². The van der Waals surface area contributed by atoms with Crippen LogP contribution in [-0.2, 0) is 0 Å². The molecule has 0 saturated heterocycles. The van der Waals surface area contributed by atoms with Crippen molar-refractivity contribution in [2.24, 2.45) is 5.92 Å². The van der Waals surface area contributed by atoms with Crippen LogP contribution in [0.15, 0.2) is 24.3 Å². The third-order valence-electron chi connectivity index (χ3n) is 3.45. The second kappa shape index (κ2) is 5.14. The topological polar surface area (TPSA) is 35.8 Å². The van der Waals surface area contributed by atoms with Crippen LogP contribution in [0.3, 0.4) is 0 Å². The van der Waals surface area contributed by atoms with E-state index >= 15 is 0 Å². The molecule has 0 bridgehead atoms. The van der Waals surface area contributed by atoms with Crippen LogP contribution < -0.4 is 5.32 Å². The molecular weight excluding hydrogens is 196 g/mol. The summed E-state index contributed by atoms with van der Waals surface area (Å²) >= 11 is 0. The summed E-state index contributed by atoms with van der Waals surface area (Å²) in [6.07, 6.45) is 4.14. The fourth-order valence-corrected chi connectivity index (χ4v) is 2.04. The van der Waals surface area contributed by atoms with Gasteiger partial charge in [-0.25, -0.2) is 0 Å². The molecule has 16 heavy (non-hydrogen) atoms. The van der Waals surface area contributed by atoms with E-state index in [1.165, 1.54) is 24.8 Å². The number of rotatable bonds is 4. The van der Waals surface area contributed by atoms with Gasteiger partial charge in [0.05, 0.1) is 11.6 Å². The monoisotopic (exact) mass is 214 g/mol. The van der Waals surface area contributed by atoms with Gasteiger partial charge in [0.1, 0.15) is 0 Å². The summed E-state index contributed by atoms with van der Waals surface area (Å²) in [7, 11) is 0. The SMILES string of the molecule is CC(NCC1CCC1)c1cccc(C#N)c1. The van der Waals surface area contributed by atoms with Crippen LogP contribution in [0.1, 0.15) is 43.4 Å². The first-order valence-electron chi connectivity index (χ1n) is 6.03. The smallest absolute Gasteiger partial charge is 0.0991 e. The lowest BCUT2D eigenvalue weighted by molar-refractivity contribution is 0.292. The summed E-state index contributed by atoms with van der Waals surface area (Å²) < 4.78 is 0. The molecule has 84 valence electrons. The molecule has 1 atom stereocenters. The highest BCUT2D eigenvalue weighted by Gasteiger charge is 2.17. The summed E-state index contributed by atoms with van der Waals surface area (Å²) in [5.74, 6) is 0.876. The van der Waals surface area contributed by atoms with Gasteiger partial charge in [-0.2, -0.15) is 5.26 Å². The Morgan fingerprint density at radius 1 is 1.50 bits per heavy atom. The molecule has 1 aromatic carbocycles. The summed E-state index contributed by atoms with van der Waals surface area (Å²) in [6.45, 7) is 3.27. The molecule has 0 amide bonds. The van der Waals surface area contributed by atoms with E-state index in [4.69, 9.17) is 5.26 Å². The largest absolute Gasteiger partial charge is 0.310 e. The first-order chi connectivity index (χ1) is 7.79. The van der Waals surface area contributed by atoms with Gasteiger partial charge >= 0.3 is 0 Å². The Hall–Kier alpha value is -1.33. The predicted octanol–water partition coefficient (Wildman–Crippen LogP) is 3.01. The molecule has 0 spiro atoms. The lowest BCUT2D eigenvalue weighted by Crippen LogP contribution is -2.29. The maximum absolute atomic E-state index is 8.84. The number of hydrogen-bond donors (Lipinski definition) is 1. The zero-order valence-electron chi connectivity index (χ0n) is 9.74. The molecule has 2 heteroatoms. The van der Waals surface area contributed by atoms with Gasteiger partial charge in [-0.3, -0.25) is 0 Å². The molecule has 0 aromatic heterocycles. The van der Waals surface area contributed by atoms with Gasteiger partial charge in [0.25, 0.3) is 0 Å². The second-order valence-electron chi connectivity index (χ2n) is 4.66. The molecule has 1 aliphatic carbocycles. The van der Waals surface area contributed by atoms with Crippen molar-refractivity contribution in [2.45, 2.75) is 32.2 Å². The Morgan fingerprint density at radius 3 is 2.94 bits per heavy atom. The minimum absolute atomic E-state index is 0.342. The average molecular weight is 214 g/mol. The van der Waals surface area contributed by atoms with E-state index in [9.17, 15) is 0 Å². The van der Waals surface area contributed by atoms with Gasteiger partial charge in [0, 0.05) is 6.04 Å². The zero-order valence-corrected chi connectivity index (χ0v) is 9.74. The van der Waals surface area contributed by atoms with Crippen LogP contribution in [0.5, 0.6) is 0 Å². The van der Waals surface area contributed by atoms with Crippen molar-refractivity contribution in [3.63, 3.8) is 0 Å². The molecular formula is C14H18N2. The molecule has 1 N–H and O–H groups in total. The standard InChI is InChI=1S/C14H18N2/c1-11(16-10-12-4-2-5-12)14-7-3-6-13(8-14)9-15/h3,6-8,11-12,16H,2,4-5,10H2,1H3. The van der Waals surface area contributed by atoms with Gasteiger partial charge in [-0.05, 0) is 49.9 Å². The normalized spacial score (nSPS) is 17.5. The van der Waals surface area contributed by atoms with E-state index in [1.54, 1.807) is 0 Å². The minimum atomic E-state index is 0.342. The van der Waals surface area contributed by atoms with Crippen molar-refractivity contribution in [3.05, 3.63) is 35.4 Å². The average Bonchev–Trinajstić information content (AvgIpc) is 2.27.